The molecule has 0 spiro atoms. The zero-order chi connectivity index (χ0) is 19.9. The van der Waals surface area contributed by atoms with E-state index < -0.39 is 16.7 Å². The normalized spacial score (nSPS) is 30.4. The molecule has 4 bridgehead atoms. The van der Waals surface area contributed by atoms with Gasteiger partial charge in [-0.15, -0.1) is 0 Å². The van der Waals surface area contributed by atoms with Crippen molar-refractivity contribution in [3.63, 3.8) is 0 Å². The number of carbonyl (C=O) groups is 1. The molecule has 9 nitrogen and oxygen atoms in total. The number of urea groups is 1. The quantitative estimate of drug-likeness (QED) is 0.455. The maximum atomic E-state index is 12.4. The number of hydrogen-bond acceptors (Lipinski definition) is 6. The van der Waals surface area contributed by atoms with E-state index in [2.05, 4.69) is 15.8 Å². The largest absolute Gasteiger partial charge is 0.870 e. The number of methoxy groups -OCH3 is 1. The Labute approximate surface area is 162 Å². The first-order valence-corrected chi connectivity index (χ1v) is 9.52. The third kappa shape index (κ3) is 3.48. The van der Waals surface area contributed by atoms with Crippen LogP contribution in [0.5, 0.6) is 11.5 Å². The van der Waals surface area contributed by atoms with Crippen molar-refractivity contribution in [2.75, 3.05) is 7.11 Å². The van der Waals surface area contributed by atoms with Crippen molar-refractivity contribution >= 4 is 17.9 Å². The molecule has 2 N–H and O–H groups in total. The number of hydrogen-bond donors (Lipinski definition) is 2. The molecule has 4 fully saturated rings. The van der Waals surface area contributed by atoms with E-state index in [1.54, 1.807) is 0 Å². The molecule has 4 saturated carbocycles. The van der Waals surface area contributed by atoms with Crippen LogP contribution in [0, 0.1) is 27.9 Å². The van der Waals surface area contributed by atoms with E-state index in [1.807, 2.05) is 0 Å². The van der Waals surface area contributed by atoms with Gasteiger partial charge in [0.15, 0.2) is 0 Å². The van der Waals surface area contributed by atoms with Crippen molar-refractivity contribution in [3.05, 3.63) is 27.8 Å². The van der Waals surface area contributed by atoms with Crippen LogP contribution in [0.2, 0.25) is 0 Å². The minimum atomic E-state index is -0.619. The van der Waals surface area contributed by atoms with E-state index in [4.69, 9.17) is 4.74 Å². The molecule has 0 atom stereocenters. The molecule has 4 aliphatic rings. The van der Waals surface area contributed by atoms with Gasteiger partial charge in [0, 0.05) is 11.6 Å². The molecule has 9 heteroatoms. The highest BCUT2D eigenvalue weighted by molar-refractivity contribution is 5.87. The SMILES string of the molecule is COc1cc([N+](=O)[O-])cc(/C=N\NC(=O)NC23CC4CC(CC(C4)C2)C3)c1[O-]. The number of nitrogens with one attached hydrogen (secondary N) is 2. The number of nitro benzene ring substituents is 1. The van der Waals surface area contributed by atoms with Crippen molar-refractivity contribution in [2.24, 2.45) is 22.9 Å². The fraction of sp³-hybridized carbons (Fsp3) is 0.579. The average molecular weight is 387 g/mol. The third-order valence-corrected chi connectivity index (χ3v) is 6.29. The number of hydrazone groups is 1. The highest BCUT2D eigenvalue weighted by Gasteiger charge is 2.51. The lowest BCUT2D eigenvalue weighted by Crippen LogP contribution is -2.61. The molecule has 1 aromatic rings. The van der Waals surface area contributed by atoms with Crippen molar-refractivity contribution < 1.29 is 19.6 Å². The summed E-state index contributed by atoms with van der Waals surface area (Å²) in [6.07, 6.45) is 8.00. The Bertz CT molecular complexity index is 803. The minimum absolute atomic E-state index is 0.0267. The summed E-state index contributed by atoms with van der Waals surface area (Å²) in [5.41, 5.74) is 1.94. The lowest BCUT2D eigenvalue weighted by Gasteiger charge is -2.56. The van der Waals surface area contributed by atoms with E-state index in [1.165, 1.54) is 26.4 Å². The van der Waals surface area contributed by atoms with Gasteiger partial charge in [-0.1, -0.05) is 5.75 Å². The topological polar surface area (TPSA) is 129 Å². The van der Waals surface area contributed by atoms with Crippen molar-refractivity contribution in [2.45, 2.75) is 44.1 Å². The predicted molar refractivity (Wildman–Crippen MR) is 99.3 cm³/mol. The average Bonchev–Trinajstić information content (AvgIpc) is 2.61. The van der Waals surface area contributed by atoms with Gasteiger partial charge in [-0.25, -0.2) is 10.2 Å². The first-order chi connectivity index (χ1) is 13.4. The maximum absolute atomic E-state index is 12.4. The Morgan fingerprint density at radius 3 is 2.39 bits per heavy atom. The second-order valence-electron chi connectivity index (χ2n) is 8.35. The van der Waals surface area contributed by atoms with Crippen LogP contribution in [0.4, 0.5) is 10.5 Å². The Kier molecular flexibility index (Phi) is 4.60. The molecule has 0 unspecified atom stereocenters. The van der Waals surface area contributed by atoms with Crippen LogP contribution in [-0.4, -0.2) is 29.8 Å². The molecule has 0 aromatic heterocycles. The molecule has 2 amide bonds. The van der Waals surface area contributed by atoms with Crippen LogP contribution >= 0.6 is 0 Å². The number of amides is 2. The van der Waals surface area contributed by atoms with Crippen LogP contribution in [0.3, 0.4) is 0 Å². The van der Waals surface area contributed by atoms with Gasteiger partial charge in [0.05, 0.1) is 24.3 Å². The van der Waals surface area contributed by atoms with E-state index in [0.717, 1.165) is 37.6 Å². The number of carbonyl (C=O) groups excluding carboxylic acids is 1. The summed E-state index contributed by atoms with van der Waals surface area (Å²) in [4.78, 5) is 22.7. The Morgan fingerprint density at radius 2 is 1.86 bits per heavy atom. The zero-order valence-electron chi connectivity index (χ0n) is 15.6. The molecular formula is C19H23N4O5-. The number of rotatable bonds is 5. The van der Waals surface area contributed by atoms with Gasteiger partial charge in [0.1, 0.15) is 5.75 Å². The number of benzene rings is 1. The number of nitrogens with zero attached hydrogens (tertiary/aromatic N) is 2. The highest BCUT2D eigenvalue weighted by atomic mass is 16.6. The number of ether oxygens (including phenoxy) is 1. The summed E-state index contributed by atoms with van der Waals surface area (Å²) >= 11 is 0. The van der Waals surface area contributed by atoms with Gasteiger partial charge in [-0.05, 0) is 61.8 Å². The van der Waals surface area contributed by atoms with Crippen LogP contribution in [0.25, 0.3) is 0 Å². The summed E-state index contributed by atoms with van der Waals surface area (Å²) in [5, 5.41) is 30.1. The minimum Gasteiger partial charge on any atom is -0.870 e. The van der Waals surface area contributed by atoms with Crippen LogP contribution in [0.15, 0.2) is 17.2 Å². The Hall–Kier alpha value is -2.84. The molecule has 0 saturated heterocycles. The monoisotopic (exact) mass is 387 g/mol. The summed E-state index contributed by atoms with van der Waals surface area (Å²) in [5.74, 6) is 1.44. The zero-order valence-corrected chi connectivity index (χ0v) is 15.6. The summed E-state index contributed by atoms with van der Waals surface area (Å²) in [7, 11) is 1.26. The maximum Gasteiger partial charge on any atom is 0.335 e. The molecule has 0 radical (unpaired) electrons. The van der Waals surface area contributed by atoms with E-state index in [0.29, 0.717) is 17.8 Å². The first kappa shape index (κ1) is 18.5. The molecule has 5 rings (SSSR count). The van der Waals surface area contributed by atoms with Gasteiger partial charge < -0.3 is 15.2 Å². The van der Waals surface area contributed by atoms with Gasteiger partial charge in [-0.2, -0.15) is 5.10 Å². The second kappa shape index (κ2) is 6.96. The molecule has 1 aromatic carbocycles. The summed E-state index contributed by atoms with van der Waals surface area (Å²) < 4.78 is 4.88. The van der Waals surface area contributed by atoms with Gasteiger partial charge >= 0.3 is 6.03 Å². The smallest absolute Gasteiger partial charge is 0.335 e. The van der Waals surface area contributed by atoms with Gasteiger partial charge in [0.2, 0.25) is 0 Å². The highest BCUT2D eigenvalue weighted by Crippen LogP contribution is 2.55. The molecule has 4 aliphatic carbocycles. The summed E-state index contributed by atoms with van der Waals surface area (Å²) in [6.45, 7) is 0. The van der Waals surface area contributed by atoms with Crippen LogP contribution in [0.1, 0.15) is 44.1 Å². The lowest BCUT2D eigenvalue weighted by molar-refractivity contribution is -0.385. The molecule has 0 heterocycles. The van der Waals surface area contributed by atoms with Gasteiger partial charge in [-0.3, -0.25) is 10.1 Å². The molecule has 150 valence electrons. The molecular weight excluding hydrogens is 364 g/mol. The predicted octanol–water partition coefficient (Wildman–Crippen LogP) is 2.28. The fourth-order valence-electron chi connectivity index (χ4n) is 5.65. The fourth-order valence-corrected chi connectivity index (χ4v) is 5.65. The van der Waals surface area contributed by atoms with E-state index in [9.17, 15) is 20.0 Å². The standard InChI is InChI=1S/C19H24N4O5/c1-28-16-6-15(23(26)27)5-14(17(16)24)10-20-22-18(25)21-19-7-11-2-12(8-19)4-13(3-11)9-19/h5-6,10-13,24H,2-4,7-9H2,1H3,(H2,21,22,25)/p-1/b20-10-. The van der Waals surface area contributed by atoms with Crippen molar-refractivity contribution in [3.8, 4) is 11.5 Å². The Balaban J connectivity index is 1.42. The number of nitro groups is 1. The molecule has 28 heavy (non-hydrogen) atoms. The molecule has 0 aliphatic heterocycles. The van der Waals surface area contributed by atoms with Crippen molar-refractivity contribution in [1.29, 1.82) is 0 Å². The van der Waals surface area contributed by atoms with Crippen LogP contribution in [-0.2, 0) is 0 Å². The third-order valence-electron chi connectivity index (χ3n) is 6.29. The summed E-state index contributed by atoms with van der Waals surface area (Å²) in [6, 6.07) is 1.75. The lowest BCUT2D eigenvalue weighted by atomic mass is 9.53. The van der Waals surface area contributed by atoms with Gasteiger partial charge in [0.25, 0.3) is 5.69 Å². The van der Waals surface area contributed by atoms with E-state index in [-0.39, 0.29) is 22.5 Å². The first-order valence-electron chi connectivity index (χ1n) is 9.52. The second-order valence-corrected chi connectivity index (χ2v) is 8.35. The van der Waals surface area contributed by atoms with E-state index >= 15 is 0 Å². The van der Waals surface area contributed by atoms with Crippen LogP contribution < -0.4 is 20.6 Å². The van der Waals surface area contributed by atoms with Crippen molar-refractivity contribution in [1.82, 2.24) is 10.7 Å². The number of non-ortho nitro benzene ring substituents is 1. The Morgan fingerprint density at radius 1 is 1.25 bits per heavy atom.